The molecule has 0 aliphatic carbocycles. The molecule has 1 amide bonds. The molecule has 4 aromatic rings. The Kier molecular flexibility index (Phi) is 8.25. The topological polar surface area (TPSA) is 58.6 Å². The van der Waals surface area contributed by atoms with Crippen LogP contribution in [0.25, 0.3) is 0 Å². The van der Waals surface area contributed by atoms with E-state index in [1.807, 2.05) is 84.9 Å². The van der Waals surface area contributed by atoms with Crippen LogP contribution in [0.5, 0.6) is 11.5 Å². The van der Waals surface area contributed by atoms with Gasteiger partial charge in [0.1, 0.15) is 17.3 Å². The molecule has 2 N–H and O–H groups in total. The number of aliphatic hydroxyl groups excluding tert-OH is 1. The highest BCUT2D eigenvalue weighted by Gasteiger charge is 2.23. The lowest BCUT2D eigenvalue weighted by Crippen LogP contribution is -2.41. The van der Waals surface area contributed by atoms with Gasteiger partial charge in [-0.2, -0.15) is 0 Å². The van der Waals surface area contributed by atoms with Crippen molar-refractivity contribution < 1.29 is 19.0 Å². The molecule has 0 bridgehead atoms. The third-order valence-electron chi connectivity index (χ3n) is 5.76. The van der Waals surface area contributed by atoms with Gasteiger partial charge in [-0.3, -0.25) is 4.79 Å². The number of carbonyl (C=O) groups is 1. The molecule has 4 rings (SSSR count). The molecule has 4 nitrogen and oxygen atoms in total. The Morgan fingerprint density at radius 2 is 1.43 bits per heavy atom. The van der Waals surface area contributed by atoms with E-state index in [0.717, 1.165) is 16.9 Å². The van der Waals surface area contributed by atoms with Crippen LogP contribution in [-0.2, 0) is 17.6 Å². The molecule has 35 heavy (non-hydrogen) atoms. The Labute approximate surface area is 205 Å². The van der Waals surface area contributed by atoms with Crippen LogP contribution in [0.1, 0.15) is 29.2 Å². The summed E-state index contributed by atoms with van der Waals surface area (Å²) in [7, 11) is 0. The molecule has 0 radical (unpaired) electrons. The Morgan fingerprint density at radius 3 is 2.14 bits per heavy atom. The zero-order valence-electron chi connectivity index (χ0n) is 19.3. The summed E-state index contributed by atoms with van der Waals surface area (Å²) in [5.74, 6) is 0.854. The zero-order valence-corrected chi connectivity index (χ0v) is 19.3. The predicted octanol–water partition coefficient (Wildman–Crippen LogP) is 6.01. The fourth-order valence-corrected chi connectivity index (χ4v) is 3.93. The molecule has 0 saturated carbocycles. The Bertz CT molecular complexity index is 1210. The lowest BCUT2D eigenvalue weighted by atomic mass is 9.95. The second-order valence-electron chi connectivity index (χ2n) is 8.42. The number of halogens is 1. The number of hydrogen-bond acceptors (Lipinski definition) is 3. The zero-order chi connectivity index (χ0) is 24.5. The predicted molar refractivity (Wildman–Crippen MR) is 135 cm³/mol. The second kappa shape index (κ2) is 12.0. The Morgan fingerprint density at radius 1 is 0.800 bits per heavy atom. The van der Waals surface area contributed by atoms with Gasteiger partial charge in [-0.1, -0.05) is 72.8 Å². The van der Waals surface area contributed by atoms with Crippen LogP contribution in [-0.4, -0.2) is 17.1 Å². The van der Waals surface area contributed by atoms with Crippen molar-refractivity contribution in [1.82, 2.24) is 5.32 Å². The second-order valence-corrected chi connectivity index (χ2v) is 8.42. The first-order chi connectivity index (χ1) is 17.1. The standard InChI is InChI=1S/C30H28FNO3/c31-25-17-15-24(16-18-25)30(34)28(32-29(33)19-14-22-8-3-1-4-9-22)21-23-10-7-13-27(20-23)35-26-11-5-2-6-12-26/h1-13,15-18,20,28,30,34H,14,19,21H2,(H,32,33). The third kappa shape index (κ3) is 7.26. The highest BCUT2D eigenvalue weighted by molar-refractivity contribution is 5.76. The quantitative estimate of drug-likeness (QED) is 0.299. The Balaban J connectivity index is 1.49. The lowest BCUT2D eigenvalue weighted by Gasteiger charge is -2.25. The molecule has 178 valence electrons. The van der Waals surface area contributed by atoms with Crippen LogP contribution >= 0.6 is 0 Å². The maximum Gasteiger partial charge on any atom is 0.220 e. The average Bonchev–Trinajstić information content (AvgIpc) is 2.89. The van der Waals surface area contributed by atoms with Gasteiger partial charge in [0, 0.05) is 6.42 Å². The van der Waals surface area contributed by atoms with E-state index in [1.54, 1.807) is 0 Å². The minimum absolute atomic E-state index is 0.156. The van der Waals surface area contributed by atoms with Crippen LogP contribution < -0.4 is 10.1 Å². The largest absolute Gasteiger partial charge is 0.457 e. The van der Waals surface area contributed by atoms with Crippen molar-refractivity contribution in [2.45, 2.75) is 31.4 Å². The van der Waals surface area contributed by atoms with E-state index in [2.05, 4.69) is 5.32 Å². The summed E-state index contributed by atoms with van der Waals surface area (Å²) in [6.07, 6.45) is 0.275. The van der Waals surface area contributed by atoms with Crippen molar-refractivity contribution in [3.8, 4) is 11.5 Å². The third-order valence-corrected chi connectivity index (χ3v) is 5.76. The number of nitrogens with one attached hydrogen (secondary N) is 1. The van der Waals surface area contributed by atoms with Crippen LogP contribution in [0.15, 0.2) is 109 Å². The van der Waals surface area contributed by atoms with Gasteiger partial charge in [0.25, 0.3) is 0 Å². The molecule has 0 saturated heterocycles. The molecule has 0 spiro atoms. The van der Waals surface area contributed by atoms with Gasteiger partial charge in [0.2, 0.25) is 5.91 Å². The summed E-state index contributed by atoms with van der Waals surface area (Å²) in [6.45, 7) is 0. The van der Waals surface area contributed by atoms with E-state index >= 15 is 0 Å². The van der Waals surface area contributed by atoms with Gasteiger partial charge in [0.05, 0.1) is 12.1 Å². The fourth-order valence-electron chi connectivity index (χ4n) is 3.93. The van der Waals surface area contributed by atoms with Crippen molar-refractivity contribution in [1.29, 1.82) is 0 Å². The normalized spacial score (nSPS) is 12.5. The highest BCUT2D eigenvalue weighted by atomic mass is 19.1. The summed E-state index contributed by atoms with van der Waals surface area (Å²) in [5, 5.41) is 14.1. The van der Waals surface area contributed by atoms with Crippen molar-refractivity contribution >= 4 is 5.91 Å². The number of hydrogen-bond donors (Lipinski definition) is 2. The van der Waals surface area contributed by atoms with Gasteiger partial charge < -0.3 is 15.2 Å². The number of amides is 1. The van der Waals surface area contributed by atoms with E-state index in [-0.39, 0.29) is 11.7 Å². The summed E-state index contributed by atoms with van der Waals surface area (Å²) in [5.41, 5.74) is 2.51. The minimum atomic E-state index is -1.00. The number of benzene rings is 4. The first-order valence-electron chi connectivity index (χ1n) is 11.7. The van der Waals surface area contributed by atoms with Gasteiger partial charge in [-0.05, 0) is 65.9 Å². The summed E-state index contributed by atoms with van der Waals surface area (Å²) in [6, 6.07) is 31.9. The first kappa shape index (κ1) is 24.2. The van der Waals surface area contributed by atoms with Crippen LogP contribution in [0.4, 0.5) is 4.39 Å². The maximum absolute atomic E-state index is 13.4. The van der Waals surface area contributed by atoms with Crippen LogP contribution in [0, 0.1) is 5.82 Å². The fraction of sp³-hybridized carbons (Fsp3) is 0.167. The minimum Gasteiger partial charge on any atom is -0.457 e. The number of para-hydroxylation sites is 1. The van der Waals surface area contributed by atoms with Gasteiger partial charge in [-0.25, -0.2) is 4.39 Å². The maximum atomic E-state index is 13.4. The molecule has 0 aliphatic rings. The molecule has 0 aromatic heterocycles. The summed E-state index contributed by atoms with van der Waals surface area (Å²) >= 11 is 0. The summed E-state index contributed by atoms with van der Waals surface area (Å²) < 4.78 is 19.4. The van der Waals surface area contributed by atoms with Crippen molar-refractivity contribution in [3.05, 3.63) is 132 Å². The molecule has 0 fully saturated rings. The Hall–Kier alpha value is -3.96. The molecule has 0 aliphatic heterocycles. The monoisotopic (exact) mass is 469 g/mol. The van der Waals surface area contributed by atoms with Gasteiger partial charge in [-0.15, -0.1) is 0 Å². The lowest BCUT2D eigenvalue weighted by molar-refractivity contribution is -0.122. The van der Waals surface area contributed by atoms with E-state index < -0.39 is 12.1 Å². The molecule has 0 heterocycles. The number of rotatable bonds is 10. The van der Waals surface area contributed by atoms with E-state index in [9.17, 15) is 14.3 Å². The number of aryl methyl sites for hydroxylation is 1. The molecule has 2 atom stereocenters. The van der Waals surface area contributed by atoms with Crippen molar-refractivity contribution in [3.63, 3.8) is 0 Å². The molecule has 2 unspecified atom stereocenters. The van der Waals surface area contributed by atoms with Crippen molar-refractivity contribution in [2.75, 3.05) is 0 Å². The van der Waals surface area contributed by atoms with Crippen LogP contribution in [0.3, 0.4) is 0 Å². The van der Waals surface area contributed by atoms with E-state index in [1.165, 1.54) is 24.3 Å². The molecular weight excluding hydrogens is 441 g/mol. The van der Waals surface area contributed by atoms with E-state index in [4.69, 9.17) is 4.74 Å². The SMILES string of the molecule is O=C(CCc1ccccc1)NC(Cc1cccc(Oc2ccccc2)c1)C(O)c1ccc(F)cc1. The molecule has 4 aromatic carbocycles. The number of carbonyl (C=O) groups excluding carboxylic acids is 1. The van der Waals surface area contributed by atoms with Crippen molar-refractivity contribution in [2.24, 2.45) is 0 Å². The van der Waals surface area contributed by atoms with E-state index in [0.29, 0.717) is 30.6 Å². The van der Waals surface area contributed by atoms with Crippen LogP contribution in [0.2, 0.25) is 0 Å². The average molecular weight is 470 g/mol. The molecule has 5 heteroatoms. The van der Waals surface area contributed by atoms with Gasteiger partial charge in [0.15, 0.2) is 0 Å². The molecular formula is C30H28FNO3. The smallest absolute Gasteiger partial charge is 0.220 e. The number of ether oxygens (including phenoxy) is 1. The number of aliphatic hydroxyl groups is 1. The van der Waals surface area contributed by atoms with Gasteiger partial charge >= 0.3 is 0 Å². The highest BCUT2D eigenvalue weighted by Crippen LogP contribution is 2.25. The summed E-state index contributed by atoms with van der Waals surface area (Å²) in [4.78, 5) is 12.8. The first-order valence-corrected chi connectivity index (χ1v) is 11.7.